The smallest absolute Gasteiger partial charge is 0.250 e. The number of thioether (sulfide) groups is 1. The zero-order valence-corrected chi connectivity index (χ0v) is 21.2. The summed E-state index contributed by atoms with van der Waals surface area (Å²) in [5, 5.41) is 4.68. The highest BCUT2D eigenvalue weighted by Crippen LogP contribution is 2.22. The molecule has 1 aliphatic rings. The number of hydrazone groups is 1. The van der Waals surface area contributed by atoms with Gasteiger partial charge in [0.1, 0.15) is 5.82 Å². The number of aryl methyl sites for hydroxylation is 1. The standard InChI is InChI=1S/C23H30Cl2N6OS/c1-18-15-21(31-11-3-2-4-12-31)28-23(27-18)33-17-22(32)29-26-16-19-5-7-20(8-6-19)30(13-9-24)14-10-25/h5-8,15-16H,2-4,9-14,17H2,1H3,(H,29,32)/b26-16-. The molecule has 10 heteroatoms. The predicted molar refractivity (Wildman–Crippen MR) is 139 cm³/mol. The van der Waals surface area contributed by atoms with Crippen LogP contribution in [0.4, 0.5) is 11.5 Å². The Morgan fingerprint density at radius 3 is 2.52 bits per heavy atom. The van der Waals surface area contributed by atoms with Crippen molar-refractivity contribution in [3.8, 4) is 0 Å². The van der Waals surface area contributed by atoms with Gasteiger partial charge in [-0.1, -0.05) is 23.9 Å². The largest absolute Gasteiger partial charge is 0.369 e. The average Bonchev–Trinajstić information content (AvgIpc) is 2.83. The predicted octanol–water partition coefficient (Wildman–Crippen LogP) is 4.30. The molecule has 1 N–H and O–H groups in total. The molecule has 1 amide bonds. The number of carbonyl (C=O) groups is 1. The molecular formula is C23H30Cl2N6OS. The Balaban J connectivity index is 1.49. The second-order valence-corrected chi connectivity index (χ2v) is 9.43. The highest BCUT2D eigenvalue weighted by atomic mass is 35.5. The van der Waals surface area contributed by atoms with Gasteiger partial charge >= 0.3 is 0 Å². The molecule has 7 nitrogen and oxygen atoms in total. The summed E-state index contributed by atoms with van der Waals surface area (Å²) in [5.41, 5.74) is 5.42. The van der Waals surface area contributed by atoms with Gasteiger partial charge in [0.15, 0.2) is 5.16 Å². The van der Waals surface area contributed by atoms with Gasteiger partial charge in [-0.2, -0.15) is 5.10 Å². The third-order valence-electron chi connectivity index (χ3n) is 5.20. The normalized spacial score (nSPS) is 14.0. The molecule has 178 valence electrons. The van der Waals surface area contributed by atoms with Crippen LogP contribution >= 0.6 is 35.0 Å². The summed E-state index contributed by atoms with van der Waals surface area (Å²) in [6.45, 7) is 5.47. The Kier molecular flexibility index (Phi) is 10.6. The molecule has 33 heavy (non-hydrogen) atoms. The van der Waals surface area contributed by atoms with Crippen molar-refractivity contribution in [1.82, 2.24) is 15.4 Å². The number of nitrogens with one attached hydrogen (secondary N) is 1. The Labute approximate surface area is 209 Å². The highest BCUT2D eigenvalue weighted by molar-refractivity contribution is 7.99. The van der Waals surface area contributed by atoms with Crippen LogP contribution in [0.3, 0.4) is 0 Å². The summed E-state index contributed by atoms with van der Waals surface area (Å²) in [6.07, 6.45) is 5.27. The second-order valence-electron chi connectivity index (χ2n) is 7.74. The van der Waals surface area contributed by atoms with E-state index in [9.17, 15) is 4.79 Å². The molecule has 1 fully saturated rings. The van der Waals surface area contributed by atoms with E-state index in [1.807, 2.05) is 37.3 Å². The fraction of sp³-hybridized carbons (Fsp3) is 0.478. The van der Waals surface area contributed by atoms with Crippen LogP contribution in [0, 0.1) is 6.92 Å². The van der Waals surface area contributed by atoms with Gasteiger partial charge in [-0.05, 0) is 43.9 Å². The molecular weight excluding hydrogens is 479 g/mol. The number of nitrogens with zero attached hydrogens (tertiary/aromatic N) is 5. The number of amides is 1. The molecule has 1 saturated heterocycles. The van der Waals surface area contributed by atoms with Gasteiger partial charge in [0.25, 0.3) is 5.91 Å². The number of carbonyl (C=O) groups excluding carboxylic acids is 1. The van der Waals surface area contributed by atoms with Crippen molar-refractivity contribution in [1.29, 1.82) is 0 Å². The number of anilines is 2. The van der Waals surface area contributed by atoms with Crippen LogP contribution in [0.1, 0.15) is 30.5 Å². The number of rotatable bonds is 11. The summed E-state index contributed by atoms with van der Waals surface area (Å²) in [6, 6.07) is 9.88. The number of hydrogen-bond acceptors (Lipinski definition) is 7. The topological polar surface area (TPSA) is 73.7 Å². The van der Waals surface area contributed by atoms with Crippen LogP contribution in [0.5, 0.6) is 0 Å². The van der Waals surface area contributed by atoms with E-state index in [0.29, 0.717) is 16.9 Å². The molecule has 0 unspecified atom stereocenters. The van der Waals surface area contributed by atoms with E-state index < -0.39 is 0 Å². The Hall–Kier alpha value is -2.03. The van der Waals surface area contributed by atoms with E-state index in [2.05, 4.69) is 30.3 Å². The molecule has 0 aliphatic carbocycles. The molecule has 0 spiro atoms. The van der Waals surface area contributed by atoms with Gasteiger partial charge in [-0.3, -0.25) is 4.79 Å². The quantitative estimate of drug-likeness (QED) is 0.160. The summed E-state index contributed by atoms with van der Waals surface area (Å²) >= 11 is 13.1. The first-order valence-corrected chi connectivity index (χ1v) is 13.2. The molecule has 0 saturated carbocycles. The van der Waals surface area contributed by atoms with Crippen LogP contribution in [-0.2, 0) is 4.79 Å². The Bertz CT molecular complexity index is 916. The molecule has 1 aromatic carbocycles. The molecule has 0 bridgehead atoms. The first-order valence-electron chi connectivity index (χ1n) is 11.1. The fourth-order valence-corrected chi connectivity index (χ4v) is 4.66. The molecule has 1 aliphatic heterocycles. The van der Waals surface area contributed by atoms with Crippen molar-refractivity contribution < 1.29 is 4.79 Å². The molecule has 0 radical (unpaired) electrons. The maximum absolute atomic E-state index is 12.2. The van der Waals surface area contributed by atoms with Gasteiger partial charge in [0, 0.05) is 55.4 Å². The zero-order valence-electron chi connectivity index (χ0n) is 18.8. The first kappa shape index (κ1) is 25.6. The summed E-state index contributed by atoms with van der Waals surface area (Å²) in [7, 11) is 0. The molecule has 2 heterocycles. The number of aromatic nitrogens is 2. The molecule has 2 aromatic rings. The third-order valence-corrected chi connectivity index (χ3v) is 6.39. The van der Waals surface area contributed by atoms with E-state index >= 15 is 0 Å². The third kappa shape index (κ3) is 8.36. The van der Waals surface area contributed by atoms with Crippen LogP contribution in [0.15, 0.2) is 40.6 Å². The van der Waals surface area contributed by atoms with Crippen LogP contribution < -0.4 is 15.2 Å². The van der Waals surface area contributed by atoms with E-state index in [1.165, 1.54) is 31.0 Å². The molecule has 0 atom stereocenters. The van der Waals surface area contributed by atoms with Crippen LogP contribution in [0.25, 0.3) is 0 Å². The lowest BCUT2D eigenvalue weighted by molar-refractivity contribution is -0.118. The minimum atomic E-state index is -0.201. The summed E-state index contributed by atoms with van der Waals surface area (Å²) in [4.78, 5) is 25.8. The van der Waals surface area contributed by atoms with Crippen molar-refractivity contribution in [2.24, 2.45) is 5.10 Å². The van der Waals surface area contributed by atoms with Crippen molar-refractivity contribution >= 4 is 58.6 Å². The second kappa shape index (κ2) is 13.6. The SMILES string of the molecule is Cc1cc(N2CCCCC2)nc(SCC(=O)N/N=C\c2ccc(N(CCCl)CCCl)cc2)n1. The molecule has 1 aromatic heterocycles. The van der Waals surface area contributed by atoms with Crippen LogP contribution in [-0.4, -0.2) is 65.8 Å². The van der Waals surface area contributed by atoms with E-state index in [1.54, 1.807) is 6.21 Å². The highest BCUT2D eigenvalue weighted by Gasteiger charge is 2.14. The van der Waals surface area contributed by atoms with Crippen LogP contribution in [0.2, 0.25) is 0 Å². The monoisotopic (exact) mass is 508 g/mol. The van der Waals surface area contributed by atoms with Gasteiger partial charge in [0.05, 0.1) is 12.0 Å². The maximum atomic E-state index is 12.2. The summed E-state index contributed by atoms with van der Waals surface area (Å²) < 4.78 is 0. The average molecular weight is 510 g/mol. The van der Waals surface area contributed by atoms with Gasteiger partial charge in [0.2, 0.25) is 0 Å². The van der Waals surface area contributed by atoms with Crippen molar-refractivity contribution in [3.63, 3.8) is 0 Å². The van der Waals surface area contributed by atoms with Gasteiger partial charge < -0.3 is 9.80 Å². The van der Waals surface area contributed by atoms with Crippen molar-refractivity contribution in [3.05, 3.63) is 41.6 Å². The molecule has 3 rings (SSSR count). The van der Waals surface area contributed by atoms with E-state index in [-0.39, 0.29) is 11.7 Å². The lowest BCUT2D eigenvalue weighted by Gasteiger charge is -2.28. The fourth-order valence-electron chi connectivity index (χ4n) is 3.56. The summed E-state index contributed by atoms with van der Waals surface area (Å²) in [5.74, 6) is 2.02. The number of hydrogen-bond donors (Lipinski definition) is 1. The lowest BCUT2D eigenvalue weighted by Crippen LogP contribution is -2.30. The number of benzene rings is 1. The van der Waals surface area contributed by atoms with E-state index in [0.717, 1.165) is 48.9 Å². The zero-order chi connectivity index (χ0) is 23.5. The van der Waals surface area contributed by atoms with Crippen molar-refractivity contribution in [2.45, 2.75) is 31.3 Å². The Morgan fingerprint density at radius 2 is 1.85 bits per heavy atom. The minimum absolute atomic E-state index is 0.199. The van der Waals surface area contributed by atoms with E-state index in [4.69, 9.17) is 23.2 Å². The number of alkyl halides is 2. The van der Waals surface area contributed by atoms with Crippen molar-refractivity contribution in [2.75, 3.05) is 53.5 Å². The Morgan fingerprint density at radius 1 is 1.15 bits per heavy atom. The maximum Gasteiger partial charge on any atom is 0.250 e. The van der Waals surface area contributed by atoms with Gasteiger partial charge in [-0.25, -0.2) is 15.4 Å². The minimum Gasteiger partial charge on any atom is -0.369 e. The lowest BCUT2D eigenvalue weighted by atomic mass is 10.1. The number of piperidine rings is 1. The van der Waals surface area contributed by atoms with Gasteiger partial charge in [-0.15, -0.1) is 23.2 Å². The first-order chi connectivity index (χ1) is 16.1. The number of halogens is 2.